The molecule has 0 N–H and O–H groups in total. The van der Waals surface area contributed by atoms with Gasteiger partial charge in [0.1, 0.15) is 0 Å². The number of hydrogen-bond acceptors (Lipinski definition) is 3. The van der Waals surface area contributed by atoms with E-state index >= 15 is 0 Å². The topological polar surface area (TPSA) is 46.6 Å². The molecule has 94 valence electrons. The van der Waals surface area contributed by atoms with Crippen molar-refractivity contribution in [2.24, 2.45) is 0 Å². The second-order valence-electron chi connectivity index (χ2n) is 4.02. The van der Waals surface area contributed by atoms with Crippen LogP contribution in [0, 0.1) is 0 Å². The Morgan fingerprint density at radius 2 is 2.11 bits per heavy atom. The molecular formula is C14H15NO3. The quantitative estimate of drug-likeness (QED) is 0.804. The Hall–Kier alpha value is -2.10. The lowest BCUT2D eigenvalue weighted by atomic mass is 9.98. The number of nitrogens with zero attached hydrogens (tertiary/aromatic N) is 1. The molecule has 4 heteroatoms. The Morgan fingerprint density at radius 3 is 2.78 bits per heavy atom. The van der Waals surface area contributed by atoms with Crippen LogP contribution in [0.15, 0.2) is 42.6 Å². The third kappa shape index (κ3) is 2.59. The molecule has 1 unspecified atom stereocenters. The molecule has 1 aromatic carbocycles. The van der Waals surface area contributed by atoms with Crippen molar-refractivity contribution in [1.82, 2.24) is 4.90 Å². The third-order valence-electron chi connectivity index (χ3n) is 2.81. The average molecular weight is 245 g/mol. The zero-order valence-corrected chi connectivity index (χ0v) is 10.2. The molecule has 0 bridgehead atoms. The number of hydrogen-bond donors (Lipinski definition) is 0. The first kappa shape index (κ1) is 12.4. The van der Waals surface area contributed by atoms with Crippen molar-refractivity contribution in [1.29, 1.82) is 0 Å². The van der Waals surface area contributed by atoms with E-state index in [2.05, 4.69) is 0 Å². The molecule has 1 aromatic rings. The number of benzene rings is 1. The summed E-state index contributed by atoms with van der Waals surface area (Å²) in [6.07, 6.45) is 2.78. The molecule has 18 heavy (non-hydrogen) atoms. The van der Waals surface area contributed by atoms with Crippen LogP contribution in [0.3, 0.4) is 0 Å². The van der Waals surface area contributed by atoms with Crippen LogP contribution in [0.25, 0.3) is 0 Å². The van der Waals surface area contributed by atoms with E-state index in [-0.39, 0.29) is 11.8 Å². The summed E-state index contributed by atoms with van der Waals surface area (Å²) in [6.45, 7) is 2.08. The molecular weight excluding hydrogens is 230 g/mol. The van der Waals surface area contributed by atoms with Gasteiger partial charge in [-0.3, -0.25) is 9.69 Å². The number of carbonyl (C=O) groups excluding carboxylic acids is 2. The summed E-state index contributed by atoms with van der Waals surface area (Å²) in [5.41, 5.74) is 0.934. The molecule has 1 heterocycles. The lowest BCUT2D eigenvalue weighted by Crippen LogP contribution is -2.34. The molecule has 4 nitrogen and oxygen atoms in total. The molecule has 0 fully saturated rings. The van der Waals surface area contributed by atoms with Crippen molar-refractivity contribution in [3.63, 3.8) is 0 Å². The van der Waals surface area contributed by atoms with E-state index in [1.54, 1.807) is 6.92 Å². The highest BCUT2D eigenvalue weighted by Crippen LogP contribution is 2.28. The second-order valence-corrected chi connectivity index (χ2v) is 4.02. The van der Waals surface area contributed by atoms with Crippen LogP contribution in [-0.2, 0) is 9.53 Å². The normalized spacial score (nSPS) is 18.8. The predicted molar refractivity (Wildman–Crippen MR) is 66.8 cm³/mol. The number of ketones is 1. The van der Waals surface area contributed by atoms with Gasteiger partial charge in [0.05, 0.1) is 12.6 Å². The van der Waals surface area contributed by atoms with Crippen LogP contribution in [0.1, 0.15) is 24.9 Å². The maximum atomic E-state index is 11.8. The number of rotatable bonds is 2. The van der Waals surface area contributed by atoms with Crippen molar-refractivity contribution >= 4 is 11.9 Å². The van der Waals surface area contributed by atoms with E-state index < -0.39 is 6.09 Å². The van der Waals surface area contributed by atoms with Gasteiger partial charge in [-0.1, -0.05) is 30.3 Å². The van der Waals surface area contributed by atoms with Crippen molar-refractivity contribution in [3.05, 3.63) is 48.2 Å². The van der Waals surface area contributed by atoms with E-state index in [9.17, 15) is 9.59 Å². The van der Waals surface area contributed by atoms with Gasteiger partial charge in [0.15, 0.2) is 5.78 Å². The van der Waals surface area contributed by atoms with Crippen molar-refractivity contribution in [3.8, 4) is 0 Å². The number of ether oxygens (including phenoxy) is 1. The largest absolute Gasteiger partial charge is 0.449 e. The van der Waals surface area contributed by atoms with Gasteiger partial charge in [-0.15, -0.1) is 0 Å². The molecule has 0 aliphatic carbocycles. The van der Waals surface area contributed by atoms with Crippen LogP contribution in [0.4, 0.5) is 4.79 Å². The summed E-state index contributed by atoms with van der Waals surface area (Å²) in [7, 11) is 0. The Morgan fingerprint density at radius 1 is 1.39 bits per heavy atom. The number of amides is 1. The Labute approximate surface area is 106 Å². The van der Waals surface area contributed by atoms with Crippen LogP contribution < -0.4 is 0 Å². The minimum Gasteiger partial charge on any atom is -0.449 e. The van der Waals surface area contributed by atoms with Gasteiger partial charge >= 0.3 is 6.09 Å². The van der Waals surface area contributed by atoms with Crippen molar-refractivity contribution in [2.45, 2.75) is 19.4 Å². The highest BCUT2D eigenvalue weighted by molar-refractivity contribution is 5.92. The lowest BCUT2D eigenvalue weighted by molar-refractivity contribution is -0.116. The van der Waals surface area contributed by atoms with Gasteiger partial charge in [0.2, 0.25) is 0 Å². The summed E-state index contributed by atoms with van der Waals surface area (Å²) in [6, 6.07) is 9.22. The minimum absolute atomic E-state index is 0.0180. The van der Waals surface area contributed by atoms with Gasteiger partial charge in [-0.05, 0) is 18.6 Å². The molecule has 0 saturated heterocycles. The van der Waals surface area contributed by atoms with Gasteiger partial charge in [-0.25, -0.2) is 4.79 Å². The summed E-state index contributed by atoms with van der Waals surface area (Å²) >= 11 is 0. The standard InChI is InChI=1S/C14H15NO3/c1-2-18-14(17)15-9-8-12(16)10-13(15)11-6-4-3-5-7-11/h3-9,13H,2,10H2,1H3. The number of allylic oxidation sites excluding steroid dienone is 1. The molecule has 1 aliphatic rings. The SMILES string of the molecule is CCOC(=O)N1C=CC(=O)CC1c1ccccc1. The van der Waals surface area contributed by atoms with E-state index in [1.807, 2.05) is 30.3 Å². The predicted octanol–water partition coefficient (Wildman–Crippen LogP) is 2.67. The van der Waals surface area contributed by atoms with Gasteiger partial charge < -0.3 is 4.74 Å². The molecule has 1 amide bonds. The zero-order chi connectivity index (χ0) is 13.0. The van der Waals surface area contributed by atoms with Crippen LogP contribution >= 0.6 is 0 Å². The maximum absolute atomic E-state index is 11.8. The van der Waals surface area contributed by atoms with Crippen LogP contribution in [-0.4, -0.2) is 23.4 Å². The second kappa shape index (κ2) is 5.49. The highest BCUT2D eigenvalue weighted by Gasteiger charge is 2.29. The number of carbonyl (C=O) groups is 2. The Kier molecular flexibility index (Phi) is 3.77. The fraction of sp³-hybridized carbons (Fsp3) is 0.286. The highest BCUT2D eigenvalue weighted by atomic mass is 16.6. The summed E-state index contributed by atoms with van der Waals surface area (Å²) < 4.78 is 4.99. The monoisotopic (exact) mass is 245 g/mol. The van der Waals surface area contributed by atoms with E-state index in [0.29, 0.717) is 13.0 Å². The summed E-state index contributed by atoms with van der Waals surface area (Å²) in [5.74, 6) is 0.0180. The van der Waals surface area contributed by atoms with E-state index in [0.717, 1.165) is 5.56 Å². The minimum atomic E-state index is -0.421. The van der Waals surface area contributed by atoms with E-state index in [4.69, 9.17) is 4.74 Å². The molecule has 0 aromatic heterocycles. The van der Waals surface area contributed by atoms with Crippen LogP contribution in [0.5, 0.6) is 0 Å². The van der Waals surface area contributed by atoms with Gasteiger partial charge in [0.25, 0.3) is 0 Å². The first-order valence-corrected chi connectivity index (χ1v) is 5.93. The first-order valence-electron chi connectivity index (χ1n) is 5.93. The van der Waals surface area contributed by atoms with E-state index in [1.165, 1.54) is 17.2 Å². The van der Waals surface area contributed by atoms with Gasteiger partial charge in [-0.2, -0.15) is 0 Å². The fourth-order valence-corrected chi connectivity index (χ4v) is 1.96. The fourth-order valence-electron chi connectivity index (χ4n) is 1.96. The summed E-state index contributed by atoms with van der Waals surface area (Å²) in [4.78, 5) is 24.8. The molecule has 2 rings (SSSR count). The zero-order valence-electron chi connectivity index (χ0n) is 10.2. The first-order chi connectivity index (χ1) is 8.72. The third-order valence-corrected chi connectivity index (χ3v) is 2.81. The Bertz CT molecular complexity index is 467. The molecule has 1 atom stereocenters. The summed E-state index contributed by atoms with van der Waals surface area (Å²) in [5, 5.41) is 0. The molecule has 0 radical (unpaired) electrons. The molecule has 1 aliphatic heterocycles. The maximum Gasteiger partial charge on any atom is 0.414 e. The Balaban J connectivity index is 2.27. The molecule has 0 saturated carbocycles. The van der Waals surface area contributed by atoms with Crippen LogP contribution in [0.2, 0.25) is 0 Å². The van der Waals surface area contributed by atoms with Crippen molar-refractivity contribution < 1.29 is 14.3 Å². The molecule has 0 spiro atoms. The lowest BCUT2D eigenvalue weighted by Gasteiger charge is -2.30. The van der Waals surface area contributed by atoms with Crippen molar-refractivity contribution in [2.75, 3.05) is 6.61 Å². The van der Waals surface area contributed by atoms with Gasteiger partial charge in [0, 0.05) is 12.6 Å². The average Bonchev–Trinajstić information content (AvgIpc) is 2.40. The smallest absolute Gasteiger partial charge is 0.414 e.